The lowest BCUT2D eigenvalue weighted by molar-refractivity contribution is 0.498. The third-order valence-corrected chi connectivity index (χ3v) is 16.0. The summed E-state index contributed by atoms with van der Waals surface area (Å²) >= 11 is 0. The molecule has 0 saturated heterocycles. The maximum Gasteiger partial charge on any atom is 0.330 e. The second kappa shape index (κ2) is 15.9. The molecule has 0 aliphatic rings. The van der Waals surface area contributed by atoms with E-state index in [-0.39, 0.29) is 12.8 Å². The molecule has 0 radical (unpaired) electrons. The first kappa shape index (κ1) is 35.6. The second-order valence-electron chi connectivity index (χ2n) is 7.50. The number of sulfonamides is 4. The van der Waals surface area contributed by atoms with Crippen molar-refractivity contribution in [2.75, 3.05) is 26.2 Å². The molecule has 0 saturated carbocycles. The van der Waals surface area contributed by atoms with Crippen LogP contribution in [0.4, 0.5) is 0 Å². The van der Waals surface area contributed by atoms with Gasteiger partial charge in [-0.25, -0.2) is 52.6 Å². The average molecular weight is 615 g/mol. The minimum atomic E-state index is -5.74. The van der Waals surface area contributed by atoms with E-state index in [0.717, 1.165) is 0 Å². The lowest BCUT2D eigenvalue weighted by atomic mass is 10.2. The molecule has 1 unspecified atom stereocenters. The van der Waals surface area contributed by atoms with Gasteiger partial charge in [-0.1, -0.05) is 19.8 Å². The van der Waals surface area contributed by atoms with Gasteiger partial charge in [-0.3, -0.25) is 0 Å². The van der Waals surface area contributed by atoms with Crippen LogP contribution in [0.1, 0.15) is 51.9 Å². The van der Waals surface area contributed by atoms with Crippen molar-refractivity contribution in [3.63, 3.8) is 0 Å². The average Bonchev–Trinajstić information content (AvgIpc) is 2.81. The maximum atomic E-state index is 13.7. The Labute approximate surface area is 224 Å². The second-order valence-corrected chi connectivity index (χ2v) is 16.0. The van der Waals surface area contributed by atoms with Crippen LogP contribution >= 0.6 is 0 Å². The summed E-state index contributed by atoms with van der Waals surface area (Å²) in [5.41, 5.74) is 0. The molecule has 0 rings (SSSR count). The first-order valence-corrected chi connectivity index (χ1v) is 17.1. The summed E-state index contributed by atoms with van der Waals surface area (Å²) in [5.74, 6) is 0. The fraction of sp³-hybridized carbons (Fsp3) is 0.778. The van der Waals surface area contributed by atoms with E-state index in [9.17, 15) is 33.7 Å². The van der Waals surface area contributed by atoms with E-state index in [4.69, 9.17) is 21.0 Å². The highest BCUT2D eigenvalue weighted by Crippen LogP contribution is 2.39. The summed E-state index contributed by atoms with van der Waals surface area (Å²) in [6, 6.07) is 6.42. The highest BCUT2D eigenvalue weighted by molar-refractivity contribution is 8.25. The van der Waals surface area contributed by atoms with E-state index in [1.807, 2.05) is 4.72 Å². The monoisotopic (exact) mass is 614 g/mol. The highest BCUT2D eigenvalue weighted by Gasteiger charge is 2.72. The van der Waals surface area contributed by atoms with E-state index in [1.165, 1.54) is 0 Å². The molecule has 0 aromatic carbocycles. The summed E-state index contributed by atoms with van der Waals surface area (Å²) < 4.78 is 112. The fourth-order valence-electron chi connectivity index (χ4n) is 3.24. The van der Waals surface area contributed by atoms with Crippen LogP contribution in [-0.4, -0.2) is 68.5 Å². The quantitative estimate of drug-likeness (QED) is 0.114. The Morgan fingerprint density at radius 3 is 1.21 bits per heavy atom. The lowest BCUT2D eigenvalue weighted by Crippen LogP contribution is -2.71. The molecule has 0 aliphatic carbocycles. The molecule has 16 nitrogen and oxygen atoms in total. The van der Waals surface area contributed by atoms with Crippen LogP contribution in [0, 0.1) is 45.3 Å². The summed E-state index contributed by atoms with van der Waals surface area (Å²) in [6.07, 6.45) is -2.69. The van der Waals surface area contributed by atoms with Crippen LogP contribution in [0.3, 0.4) is 0 Å². The smallest absolute Gasteiger partial charge is 0.214 e. The first-order chi connectivity index (χ1) is 17.7. The standard InChI is InChI=1S/C18H30N8O8S4/c1-2-3-8-17(35(27,28)23-13-4-9-19)18(36(29,30)24-14-5-10-20,37(31,32)25-15-6-11-21)38(33,34)26-16-7-12-22/h17,23-26H,2-8,13-16H2,1H3. The molecule has 4 N–H and O–H groups in total. The van der Waals surface area contributed by atoms with Crippen LogP contribution < -0.4 is 18.9 Å². The SMILES string of the molecule is CCCCC(C(S(=O)(=O)NCCC#N)(S(=O)(=O)NCCC#N)S(=O)(=O)NCCC#N)S(=O)(=O)NCCC#N. The molecule has 38 heavy (non-hydrogen) atoms. The van der Waals surface area contributed by atoms with Gasteiger partial charge in [0.1, 0.15) is 5.25 Å². The number of rotatable bonds is 20. The molecule has 20 heteroatoms. The topological polar surface area (TPSA) is 280 Å². The zero-order chi connectivity index (χ0) is 29.5. The van der Waals surface area contributed by atoms with Gasteiger partial charge in [0.25, 0.3) is 30.1 Å². The number of unbranched alkanes of at least 4 members (excludes halogenated alkanes) is 1. The molecule has 0 amide bonds. The van der Waals surface area contributed by atoms with Crippen LogP contribution in [0.5, 0.6) is 0 Å². The van der Waals surface area contributed by atoms with Gasteiger partial charge in [-0.15, -0.1) is 0 Å². The molecule has 0 aliphatic heterocycles. The number of nitriles is 4. The van der Waals surface area contributed by atoms with E-state index in [0.29, 0.717) is 0 Å². The van der Waals surface area contributed by atoms with Gasteiger partial charge in [-0.2, -0.15) is 21.0 Å². The van der Waals surface area contributed by atoms with Crippen molar-refractivity contribution in [1.82, 2.24) is 18.9 Å². The van der Waals surface area contributed by atoms with Crippen molar-refractivity contribution in [3.05, 3.63) is 0 Å². The van der Waals surface area contributed by atoms with Crippen LogP contribution in [0.25, 0.3) is 0 Å². The number of nitrogens with one attached hydrogen (secondary N) is 4. The maximum absolute atomic E-state index is 13.7. The number of hydrogen-bond donors (Lipinski definition) is 4. The van der Waals surface area contributed by atoms with Crippen molar-refractivity contribution >= 4 is 40.1 Å². The lowest BCUT2D eigenvalue weighted by Gasteiger charge is -2.37. The Hall–Kier alpha value is -2.40. The molecule has 0 aromatic rings. The van der Waals surface area contributed by atoms with Crippen molar-refractivity contribution in [2.24, 2.45) is 0 Å². The van der Waals surface area contributed by atoms with Crippen LogP contribution in [0.2, 0.25) is 0 Å². The number of nitrogens with zero attached hydrogens (tertiary/aromatic N) is 4. The summed E-state index contributed by atoms with van der Waals surface area (Å²) in [4.78, 5) is 0. The predicted molar refractivity (Wildman–Crippen MR) is 135 cm³/mol. The van der Waals surface area contributed by atoms with E-state index in [1.54, 1.807) is 45.4 Å². The largest absolute Gasteiger partial charge is 0.330 e. The molecular weight excluding hydrogens is 585 g/mol. The third-order valence-electron chi connectivity index (χ3n) is 4.84. The highest BCUT2D eigenvalue weighted by atomic mass is 32.3. The molecule has 0 spiro atoms. The summed E-state index contributed by atoms with van der Waals surface area (Å²) in [5, 5.41) is 32.5. The Morgan fingerprint density at radius 2 is 0.921 bits per heavy atom. The Balaban J connectivity index is 7.82. The zero-order valence-corrected chi connectivity index (χ0v) is 23.8. The van der Waals surface area contributed by atoms with E-state index >= 15 is 0 Å². The van der Waals surface area contributed by atoms with Gasteiger partial charge in [-0.05, 0) is 6.42 Å². The minimum absolute atomic E-state index is 0.138. The third kappa shape index (κ3) is 8.56. The molecule has 0 bridgehead atoms. The normalized spacial score (nSPS) is 13.5. The van der Waals surface area contributed by atoms with Crippen LogP contribution in [0.15, 0.2) is 0 Å². The van der Waals surface area contributed by atoms with Gasteiger partial charge < -0.3 is 0 Å². The van der Waals surface area contributed by atoms with Gasteiger partial charge in [0.05, 0.1) is 24.3 Å². The molecule has 0 fully saturated rings. The van der Waals surface area contributed by atoms with Crippen LogP contribution in [-0.2, 0) is 40.1 Å². The van der Waals surface area contributed by atoms with Gasteiger partial charge in [0.15, 0.2) is 0 Å². The van der Waals surface area contributed by atoms with Gasteiger partial charge in [0, 0.05) is 51.9 Å². The molecule has 214 valence electrons. The molecule has 1 atom stereocenters. The van der Waals surface area contributed by atoms with Gasteiger partial charge in [0.2, 0.25) is 10.0 Å². The Morgan fingerprint density at radius 1 is 0.605 bits per heavy atom. The summed E-state index contributed by atoms with van der Waals surface area (Å²) in [7, 11) is -22.3. The Bertz CT molecular complexity index is 1260. The summed E-state index contributed by atoms with van der Waals surface area (Å²) in [6.45, 7) is -1.30. The zero-order valence-electron chi connectivity index (χ0n) is 20.5. The van der Waals surface area contributed by atoms with E-state index in [2.05, 4.69) is 0 Å². The number of hydrogen-bond acceptors (Lipinski definition) is 12. The molecule has 0 aromatic heterocycles. The minimum Gasteiger partial charge on any atom is -0.214 e. The van der Waals surface area contributed by atoms with Gasteiger partial charge >= 0.3 is 3.41 Å². The fourth-order valence-corrected chi connectivity index (χ4v) is 14.6. The first-order valence-electron chi connectivity index (χ1n) is 11.1. The van der Waals surface area contributed by atoms with Crippen molar-refractivity contribution in [1.29, 1.82) is 21.0 Å². The molecule has 0 heterocycles. The van der Waals surface area contributed by atoms with Crippen molar-refractivity contribution in [2.45, 2.75) is 60.5 Å². The predicted octanol–water partition coefficient (Wildman–Crippen LogP) is -1.47. The van der Waals surface area contributed by atoms with Crippen molar-refractivity contribution < 1.29 is 33.7 Å². The molecular formula is C18H30N8O8S4. The van der Waals surface area contributed by atoms with Crippen molar-refractivity contribution in [3.8, 4) is 24.3 Å². The van der Waals surface area contributed by atoms with E-state index < -0.39 is 107 Å². The Kier molecular flexibility index (Phi) is 14.9.